The number of nitrogens with one attached hydrogen (secondary N) is 1. The first-order chi connectivity index (χ1) is 11.9. The molecule has 1 aliphatic rings. The van der Waals surface area contributed by atoms with Crippen molar-refractivity contribution in [1.29, 1.82) is 0 Å². The summed E-state index contributed by atoms with van der Waals surface area (Å²) in [4.78, 5) is 5.96. The van der Waals surface area contributed by atoms with Gasteiger partial charge in [-0.2, -0.15) is 4.31 Å². The van der Waals surface area contributed by atoms with Crippen LogP contribution in [0.3, 0.4) is 0 Å². The van der Waals surface area contributed by atoms with Gasteiger partial charge in [0.2, 0.25) is 10.0 Å². The van der Waals surface area contributed by atoms with E-state index in [0.717, 1.165) is 5.56 Å². The highest BCUT2D eigenvalue weighted by molar-refractivity contribution is 7.89. The van der Waals surface area contributed by atoms with Crippen LogP contribution in [0, 0.1) is 5.82 Å². The van der Waals surface area contributed by atoms with E-state index in [9.17, 15) is 12.8 Å². The summed E-state index contributed by atoms with van der Waals surface area (Å²) in [6.07, 6.45) is 0. The number of hydrogen-bond donors (Lipinski definition) is 1. The molecule has 1 N–H and O–H groups in total. The highest BCUT2D eigenvalue weighted by Crippen LogP contribution is 2.07. The molecule has 1 aromatic carbocycles. The van der Waals surface area contributed by atoms with Crippen molar-refractivity contribution in [1.82, 2.24) is 14.5 Å². The third kappa shape index (κ3) is 5.94. The lowest BCUT2D eigenvalue weighted by Gasteiger charge is -2.27. The van der Waals surface area contributed by atoms with Gasteiger partial charge in [-0.15, -0.1) is 0 Å². The first kappa shape index (κ1) is 19.6. The highest BCUT2D eigenvalue weighted by Gasteiger charge is 2.24. The second-order valence-corrected chi connectivity index (χ2v) is 7.88. The quantitative estimate of drug-likeness (QED) is 0.581. The summed E-state index contributed by atoms with van der Waals surface area (Å²) in [7, 11) is 0.132. The molecular formula is C16H25FN4O3S. The lowest BCUT2D eigenvalue weighted by Crippen LogP contribution is -2.45. The van der Waals surface area contributed by atoms with E-state index in [2.05, 4.69) is 10.3 Å². The number of hydrogen-bond acceptors (Lipinski definition) is 4. The molecule has 1 saturated heterocycles. The standard InChI is InChI=1S/C16H25FN4O3S/c1-18-16(20(2)13-14-4-3-5-15(17)12-14)19-6-11-25(22,23)21-7-9-24-10-8-21/h3-5,12H,6-11,13H2,1-2H3,(H,18,19). The molecule has 0 bridgehead atoms. The molecule has 140 valence electrons. The second-order valence-electron chi connectivity index (χ2n) is 5.79. The third-order valence-electron chi connectivity index (χ3n) is 3.89. The van der Waals surface area contributed by atoms with Gasteiger partial charge in [-0.3, -0.25) is 4.99 Å². The van der Waals surface area contributed by atoms with Crippen LogP contribution in [0.4, 0.5) is 4.39 Å². The van der Waals surface area contributed by atoms with E-state index in [-0.39, 0.29) is 18.1 Å². The normalized spacial score (nSPS) is 16.7. The average Bonchev–Trinajstić information content (AvgIpc) is 2.59. The molecule has 0 aliphatic carbocycles. The molecule has 1 heterocycles. The summed E-state index contributed by atoms with van der Waals surface area (Å²) in [5.41, 5.74) is 0.811. The average molecular weight is 372 g/mol. The van der Waals surface area contributed by atoms with E-state index in [1.165, 1.54) is 16.4 Å². The lowest BCUT2D eigenvalue weighted by atomic mass is 10.2. The van der Waals surface area contributed by atoms with Crippen molar-refractivity contribution in [3.63, 3.8) is 0 Å². The summed E-state index contributed by atoms with van der Waals surface area (Å²) in [6, 6.07) is 6.35. The molecule has 2 rings (SSSR count). The predicted octanol–water partition coefficient (Wildman–Crippen LogP) is 0.495. The minimum Gasteiger partial charge on any atom is -0.379 e. The maximum atomic E-state index is 13.3. The Morgan fingerprint density at radius 3 is 2.76 bits per heavy atom. The van der Waals surface area contributed by atoms with Gasteiger partial charge in [0.1, 0.15) is 5.82 Å². The van der Waals surface area contributed by atoms with Crippen LogP contribution in [0.25, 0.3) is 0 Å². The largest absolute Gasteiger partial charge is 0.379 e. The van der Waals surface area contributed by atoms with Crippen LogP contribution in [0.1, 0.15) is 5.56 Å². The fourth-order valence-electron chi connectivity index (χ4n) is 2.61. The molecule has 0 spiro atoms. The van der Waals surface area contributed by atoms with Crippen LogP contribution >= 0.6 is 0 Å². The minimum atomic E-state index is -3.31. The first-order valence-electron chi connectivity index (χ1n) is 8.14. The number of halogens is 1. The number of rotatable bonds is 6. The van der Waals surface area contributed by atoms with Crippen LogP contribution in [0.5, 0.6) is 0 Å². The van der Waals surface area contributed by atoms with Gasteiger partial charge in [-0.05, 0) is 17.7 Å². The predicted molar refractivity (Wildman–Crippen MR) is 95.4 cm³/mol. The van der Waals surface area contributed by atoms with Crippen LogP contribution in [-0.4, -0.2) is 76.3 Å². The number of nitrogens with zero attached hydrogens (tertiary/aromatic N) is 3. The van der Waals surface area contributed by atoms with E-state index >= 15 is 0 Å². The van der Waals surface area contributed by atoms with Crippen molar-refractivity contribution in [3.05, 3.63) is 35.6 Å². The molecule has 1 aliphatic heterocycles. The Hall–Kier alpha value is -1.71. The molecule has 0 unspecified atom stereocenters. The Labute approximate surface area is 148 Å². The van der Waals surface area contributed by atoms with Crippen LogP contribution in [0.2, 0.25) is 0 Å². The maximum absolute atomic E-state index is 13.3. The number of guanidine groups is 1. The van der Waals surface area contributed by atoms with Gasteiger partial charge >= 0.3 is 0 Å². The summed E-state index contributed by atoms with van der Waals surface area (Å²) in [5, 5.41) is 3.04. The van der Waals surface area contributed by atoms with E-state index in [4.69, 9.17) is 4.74 Å². The van der Waals surface area contributed by atoms with E-state index in [0.29, 0.717) is 38.8 Å². The fraction of sp³-hybridized carbons (Fsp3) is 0.562. The van der Waals surface area contributed by atoms with E-state index in [1.54, 1.807) is 13.1 Å². The Kier molecular flexibility index (Phi) is 7.15. The van der Waals surface area contributed by atoms with Gasteiger partial charge in [0, 0.05) is 40.3 Å². The molecule has 0 radical (unpaired) electrons. The first-order valence-corrected chi connectivity index (χ1v) is 9.75. The zero-order valence-electron chi connectivity index (χ0n) is 14.6. The van der Waals surface area contributed by atoms with Gasteiger partial charge in [-0.25, -0.2) is 12.8 Å². The number of ether oxygens (including phenoxy) is 1. The molecule has 25 heavy (non-hydrogen) atoms. The summed E-state index contributed by atoms with van der Waals surface area (Å²) >= 11 is 0. The molecule has 0 amide bonds. The monoisotopic (exact) mass is 372 g/mol. The van der Waals surface area contributed by atoms with Crippen molar-refractivity contribution >= 4 is 16.0 Å². The van der Waals surface area contributed by atoms with Gasteiger partial charge in [0.25, 0.3) is 0 Å². The van der Waals surface area contributed by atoms with Crippen molar-refractivity contribution < 1.29 is 17.5 Å². The van der Waals surface area contributed by atoms with Crippen LogP contribution < -0.4 is 5.32 Å². The van der Waals surface area contributed by atoms with Gasteiger partial charge in [0.15, 0.2) is 5.96 Å². The molecule has 1 fully saturated rings. The highest BCUT2D eigenvalue weighted by atomic mass is 32.2. The number of sulfonamides is 1. The zero-order valence-corrected chi connectivity index (χ0v) is 15.4. The third-order valence-corrected chi connectivity index (χ3v) is 5.76. The Morgan fingerprint density at radius 1 is 1.40 bits per heavy atom. The Balaban J connectivity index is 1.85. The van der Waals surface area contributed by atoms with Crippen LogP contribution in [-0.2, 0) is 21.3 Å². The molecule has 0 aromatic heterocycles. The van der Waals surface area contributed by atoms with E-state index in [1.807, 2.05) is 18.0 Å². The molecule has 0 saturated carbocycles. The SMILES string of the molecule is CN=C(NCCS(=O)(=O)N1CCOCC1)N(C)Cc1cccc(F)c1. The summed E-state index contributed by atoms with van der Waals surface area (Å²) in [6.45, 7) is 2.38. The maximum Gasteiger partial charge on any atom is 0.215 e. The fourth-order valence-corrected chi connectivity index (χ4v) is 3.94. The Morgan fingerprint density at radius 2 is 2.12 bits per heavy atom. The molecule has 1 aromatic rings. The number of benzene rings is 1. The summed E-state index contributed by atoms with van der Waals surface area (Å²) < 4.78 is 44.5. The molecule has 0 atom stereocenters. The van der Waals surface area contributed by atoms with Crippen LogP contribution in [0.15, 0.2) is 29.3 Å². The smallest absolute Gasteiger partial charge is 0.215 e. The van der Waals surface area contributed by atoms with Crippen molar-refractivity contribution in [2.24, 2.45) is 4.99 Å². The molecule has 9 heteroatoms. The van der Waals surface area contributed by atoms with Crippen molar-refractivity contribution in [3.8, 4) is 0 Å². The number of morpholine rings is 1. The molecule has 7 nitrogen and oxygen atoms in total. The summed E-state index contributed by atoms with van der Waals surface area (Å²) in [5.74, 6) is 0.256. The van der Waals surface area contributed by atoms with E-state index < -0.39 is 10.0 Å². The second kappa shape index (κ2) is 9.12. The van der Waals surface area contributed by atoms with Crippen molar-refractivity contribution in [2.45, 2.75) is 6.54 Å². The lowest BCUT2D eigenvalue weighted by molar-refractivity contribution is 0.0730. The molecular weight excluding hydrogens is 347 g/mol. The topological polar surface area (TPSA) is 74.2 Å². The minimum absolute atomic E-state index is 0.0141. The van der Waals surface area contributed by atoms with Crippen molar-refractivity contribution in [2.75, 3.05) is 52.7 Å². The van der Waals surface area contributed by atoms with Gasteiger partial charge in [0.05, 0.1) is 19.0 Å². The Bertz CT molecular complexity index is 690. The number of aliphatic imine (C=N–C) groups is 1. The van der Waals surface area contributed by atoms with Gasteiger partial charge in [-0.1, -0.05) is 12.1 Å². The zero-order chi connectivity index (χ0) is 18.3. The van der Waals surface area contributed by atoms with Gasteiger partial charge < -0.3 is 15.0 Å².